The van der Waals surface area contributed by atoms with E-state index in [0.717, 1.165) is 22.3 Å². The third-order valence-corrected chi connectivity index (χ3v) is 3.20. The molecule has 114 valence electrons. The summed E-state index contributed by atoms with van der Waals surface area (Å²) in [5.41, 5.74) is 3.64. The highest BCUT2D eigenvalue weighted by molar-refractivity contribution is 5.93. The Balaban J connectivity index is 2.15. The van der Waals surface area contributed by atoms with E-state index in [9.17, 15) is 0 Å². The molecule has 4 nitrogen and oxygen atoms in total. The second-order valence-electron chi connectivity index (χ2n) is 4.68. The zero-order valence-electron chi connectivity index (χ0n) is 12.8. The van der Waals surface area contributed by atoms with Crippen LogP contribution in [0.5, 0.6) is 0 Å². The number of hydrogen-bond acceptors (Lipinski definition) is 4. The Morgan fingerprint density at radius 2 is 1.00 bits per heavy atom. The van der Waals surface area contributed by atoms with Gasteiger partial charge in [0.1, 0.15) is 0 Å². The van der Waals surface area contributed by atoms with Crippen LogP contribution in [-0.4, -0.2) is 25.0 Å². The first-order valence-corrected chi connectivity index (χ1v) is 7.29. The molecule has 0 aliphatic rings. The van der Waals surface area contributed by atoms with Gasteiger partial charge in [-0.05, 0) is 49.2 Å². The Hall–Kier alpha value is -2.62. The third kappa shape index (κ3) is 3.73. The molecule has 2 aromatic rings. The summed E-state index contributed by atoms with van der Waals surface area (Å²) in [6, 6.07) is 15.4. The molecule has 0 aromatic heterocycles. The van der Waals surface area contributed by atoms with Crippen LogP contribution < -0.4 is 0 Å². The molecule has 0 aliphatic heterocycles. The molecule has 0 spiro atoms. The zero-order chi connectivity index (χ0) is 15.9. The number of benzene rings is 2. The average Bonchev–Trinajstić information content (AvgIpc) is 2.55. The van der Waals surface area contributed by atoms with E-state index in [1.807, 2.05) is 62.4 Å². The molecule has 0 saturated heterocycles. The van der Waals surface area contributed by atoms with Gasteiger partial charge in [-0.3, -0.25) is 10.8 Å². The first-order valence-electron chi connectivity index (χ1n) is 7.29. The molecule has 2 rings (SSSR count). The molecule has 4 heteroatoms. The summed E-state index contributed by atoms with van der Waals surface area (Å²) in [6.45, 7) is 4.72. The van der Waals surface area contributed by atoms with Crippen LogP contribution in [0.2, 0.25) is 0 Å². The largest absolute Gasteiger partial charge is 0.478 e. The number of ether oxygens (including phenoxy) is 2. The molecule has 0 aliphatic carbocycles. The molecule has 2 aromatic carbocycles. The van der Waals surface area contributed by atoms with Gasteiger partial charge in [0.25, 0.3) is 0 Å². The summed E-state index contributed by atoms with van der Waals surface area (Å²) in [7, 11) is 0. The Labute approximate surface area is 130 Å². The molecule has 0 fully saturated rings. The van der Waals surface area contributed by atoms with Gasteiger partial charge in [-0.1, -0.05) is 24.3 Å². The van der Waals surface area contributed by atoms with E-state index in [0.29, 0.717) is 13.2 Å². The van der Waals surface area contributed by atoms with E-state index < -0.39 is 0 Å². The quantitative estimate of drug-likeness (QED) is 0.645. The Kier molecular flexibility index (Phi) is 5.31. The maximum absolute atomic E-state index is 7.76. The summed E-state index contributed by atoms with van der Waals surface area (Å²) < 4.78 is 10.4. The van der Waals surface area contributed by atoms with Gasteiger partial charge >= 0.3 is 0 Å². The summed E-state index contributed by atoms with van der Waals surface area (Å²) in [5, 5.41) is 15.5. The van der Waals surface area contributed by atoms with Crippen molar-refractivity contribution in [2.75, 3.05) is 13.2 Å². The Bertz CT molecular complexity index is 586. The predicted molar refractivity (Wildman–Crippen MR) is 88.8 cm³/mol. The predicted octanol–water partition coefficient (Wildman–Crippen LogP) is 4.08. The van der Waals surface area contributed by atoms with E-state index in [2.05, 4.69) is 0 Å². The van der Waals surface area contributed by atoms with E-state index in [1.165, 1.54) is 0 Å². The van der Waals surface area contributed by atoms with E-state index >= 15 is 0 Å². The van der Waals surface area contributed by atoms with Gasteiger partial charge in [-0.15, -0.1) is 0 Å². The van der Waals surface area contributed by atoms with Crippen molar-refractivity contribution in [3.05, 3.63) is 59.7 Å². The van der Waals surface area contributed by atoms with Crippen LogP contribution in [0.15, 0.2) is 48.5 Å². The molecule has 0 heterocycles. The van der Waals surface area contributed by atoms with Crippen LogP contribution >= 0.6 is 0 Å². The topological polar surface area (TPSA) is 66.2 Å². The Morgan fingerprint density at radius 3 is 1.27 bits per heavy atom. The van der Waals surface area contributed by atoms with Crippen LogP contribution in [0.4, 0.5) is 0 Å². The van der Waals surface area contributed by atoms with Crippen LogP contribution in [0.25, 0.3) is 11.1 Å². The molecule has 0 unspecified atom stereocenters. The molecule has 0 radical (unpaired) electrons. The smallest absolute Gasteiger partial charge is 0.213 e. The maximum atomic E-state index is 7.76. The highest BCUT2D eigenvalue weighted by Crippen LogP contribution is 2.21. The van der Waals surface area contributed by atoms with Crippen LogP contribution in [0.3, 0.4) is 0 Å². The van der Waals surface area contributed by atoms with Gasteiger partial charge in [-0.25, -0.2) is 0 Å². The van der Waals surface area contributed by atoms with Crippen molar-refractivity contribution in [1.29, 1.82) is 10.8 Å². The third-order valence-electron chi connectivity index (χ3n) is 3.20. The average molecular weight is 296 g/mol. The molecule has 0 amide bonds. The monoisotopic (exact) mass is 296 g/mol. The van der Waals surface area contributed by atoms with E-state index in [-0.39, 0.29) is 11.8 Å². The Morgan fingerprint density at radius 1 is 0.682 bits per heavy atom. The molecule has 0 atom stereocenters. The lowest BCUT2D eigenvalue weighted by molar-refractivity contribution is 0.325. The van der Waals surface area contributed by atoms with E-state index in [4.69, 9.17) is 20.3 Å². The minimum Gasteiger partial charge on any atom is -0.478 e. The first kappa shape index (κ1) is 15.8. The lowest BCUT2D eigenvalue weighted by Crippen LogP contribution is -2.04. The minimum atomic E-state index is 0.189. The van der Waals surface area contributed by atoms with Gasteiger partial charge in [0, 0.05) is 11.1 Å². The van der Waals surface area contributed by atoms with Crippen LogP contribution in [0, 0.1) is 10.8 Å². The lowest BCUT2D eigenvalue weighted by Gasteiger charge is -2.08. The minimum absolute atomic E-state index is 0.189. The number of rotatable bonds is 5. The molecule has 2 N–H and O–H groups in total. The molecule has 22 heavy (non-hydrogen) atoms. The zero-order valence-corrected chi connectivity index (χ0v) is 12.8. The van der Waals surface area contributed by atoms with Crippen molar-refractivity contribution < 1.29 is 9.47 Å². The van der Waals surface area contributed by atoms with Gasteiger partial charge in [-0.2, -0.15) is 0 Å². The van der Waals surface area contributed by atoms with Crippen LogP contribution in [-0.2, 0) is 9.47 Å². The van der Waals surface area contributed by atoms with Crippen molar-refractivity contribution in [2.24, 2.45) is 0 Å². The summed E-state index contributed by atoms with van der Waals surface area (Å²) in [5.74, 6) is 0.379. The van der Waals surface area contributed by atoms with Crippen molar-refractivity contribution in [3.63, 3.8) is 0 Å². The summed E-state index contributed by atoms with van der Waals surface area (Å²) in [6.07, 6.45) is 0. The highest BCUT2D eigenvalue weighted by Gasteiger charge is 2.05. The summed E-state index contributed by atoms with van der Waals surface area (Å²) >= 11 is 0. The molecular formula is C18H20N2O2. The SMILES string of the molecule is CCOC(=N)c1ccc(-c2ccc(C(=N)OCC)cc2)cc1. The summed E-state index contributed by atoms with van der Waals surface area (Å²) in [4.78, 5) is 0. The van der Waals surface area contributed by atoms with Gasteiger partial charge in [0.2, 0.25) is 11.8 Å². The van der Waals surface area contributed by atoms with Crippen molar-refractivity contribution in [3.8, 4) is 11.1 Å². The van der Waals surface area contributed by atoms with E-state index in [1.54, 1.807) is 0 Å². The molecule has 0 bridgehead atoms. The normalized spacial score (nSPS) is 10.1. The van der Waals surface area contributed by atoms with Gasteiger partial charge < -0.3 is 9.47 Å². The fraction of sp³-hybridized carbons (Fsp3) is 0.222. The van der Waals surface area contributed by atoms with Crippen molar-refractivity contribution in [1.82, 2.24) is 0 Å². The maximum Gasteiger partial charge on any atom is 0.213 e. The lowest BCUT2D eigenvalue weighted by atomic mass is 10.0. The van der Waals surface area contributed by atoms with Crippen molar-refractivity contribution in [2.45, 2.75) is 13.8 Å². The highest BCUT2D eigenvalue weighted by atomic mass is 16.5. The molecular weight excluding hydrogens is 276 g/mol. The second-order valence-corrected chi connectivity index (χ2v) is 4.68. The van der Waals surface area contributed by atoms with Gasteiger partial charge in [0.15, 0.2) is 0 Å². The number of nitrogens with one attached hydrogen (secondary N) is 2. The first-order chi connectivity index (χ1) is 10.7. The number of hydrogen-bond donors (Lipinski definition) is 2. The van der Waals surface area contributed by atoms with Gasteiger partial charge in [0.05, 0.1) is 13.2 Å². The fourth-order valence-electron chi connectivity index (χ4n) is 2.08. The second kappa shape index (κ2) is 7.41. The fourth-order valence-corrected chi connectivity index (χ4v) is 2.08. The molecule has 0 saturated carbocycles. The van der Waals surface area contributed by atoms with Crippen LogP contribution in [0.1, 0.15) is 25.0 Å². The van der Waals surface area contributed by atoms with Crippen molar-refractivity contribution >= 4 is 11.8 Å². The standard InChI is InChI=1S/C18H20N2O2/c1-3-21-17(19)15-9-5-13(6-10-15)14-7-11-16(12-8-14)18(20)22-4-2/h5-12,19-20H,3-4H2,1-2H3.